The predicted octanol–water partition coefficient (Wildman–Crippen LogP) is -1.60. The Hall–Kier alpha value is -2.12. The summed E-state index contributed by atoms with van der Waals surface area (Å²) >= 11 is 0. The van der Waals surface area contributed by atoms with Crippen LogP contribution in [0.3, 0.4) is 0 Å². The molecular weight excluding hydrogens is 238 g/mol. The van der Waals surface area contributed by atoms with E-state index in [9.17, 15) is 14.4 Å². The van der Waals surface area contributed by atoms with E-state index in [1.807, 2.05) is 0 Å². The molecule has 100 valence electrons. The van der Waals surface area contributed by atoms with Gasteiger partial charge in [0.2, 0.25) is 11.7 Å². The van der Waals surface area contributed by atoms with Crippen molar-refractivity contribution in [1.29, 1.82) is 0 Å². The maximum absolute atomic E-state index is 11.8. The molecule has 0 spiro atoms. The van der Waals surface area contributed by atoms with Crippen molar-refractivity contribution in [2.45, 2.75) is 19.9 Å². The number of aromatic nitrogens is 3. The Kier molecular flexibility index (Phi) is 3.89. The maximum atomic E-state index is 11.8. The summed E-state index contributed by atoms with van der Waals surface area (Å²) in [5, 5.41) is 6.47. The van der Waals surface area contributed by atoms with Crippen molar-refractivity contribution in [2.75, 3.05) is 5.32 Å². The second-order valence-electron chi connectivity index (χ2n) is 4.39. The zero-order valence-corrected chi connectivity index (χ0v) is 10.8. The van der Waals surface area contributed by atoms with Crippen molar-refractivity contribution in [3.8, 4) is 0 Å². The van der Waals surface area contributed by atoms with Gasteiger partial charge in [-0.15, -0.1) is 5.10 Å². The third-order valence-electron chi connectivity index (χ3n) is 2.59. The third-order valence-corrected chi connectivity index (χ3v) is 2.59. The smallest absolute Gasteiger partial charge is 0.346 e. The lowest BCUT2D eigenvalue weighted by molar-refractivity contribution is -0.119. The Labute approximate surface area is 103 Å². The van der Waals surface area contributed by atoms with E-state index in [4.69, 9.17) is 5.73 Å². The highest BCUT2D eigenvalue weighted by Gasteiger charge is 2.22. The van der Waals surface area contributed by atoms with E-state index >= 15 is 0 Å². The number of rotatable bonds is 4. The van der Waals surface area contributed by atoms with Crippen LogP contribution in [0.2, 0.25) is 0 Å². The van der Waals surface area contributed by atoms with Crippen molar-refractivity contribution >= 4 is 11.7 Å². The quantitative estimate of drug-likeness (QED) is 0.673. The van der Waals surface area contributed by atoms with Crippen LogP contribution in [-0.2, 0) is 18.9 Å². The topological polar surface area (TPSA) is 112 Å². The minimum Gasteiger partial charge on any atom is -0.368 e. The van der Waals surface area contributed by atoms with Crippen LogP contribution in [0.1, 0.15) is 13.8 Å². The molecule has 8 heteroatoms. The largest absolute Gasteiger partial charge is 0.368 e. The third kappa shape index (κ3) is 2.58. The molecule has 1 atom stereocenters. The molecule has 0 saturated carbocycles. The normalized spacial score (nSPS) is 12.5. The molecule has 0 radical (unpaired) electrons. The number of anilines is 1. The van der Waals surface area contributed by atoms with Crippen LogP contribution < -0.4 is 22.3 Å². The number of carbonyl (C=O) groups is 1. The SMILES string of the molecule is CC(C)C(Nc1nn(C)c(=O)n(C)c1=O)C(N)=O. The number of amides is 1. The zero-order chi connectivity index (χ0) is 14.0. The van der Waals surface area contributed by atoms with Crippen LogP contribution in [0.4, 0.5) is 5.82 Å². The monoisotopic (exact) mass is 255 g/mol. The maximum Gasteiger partial charge on any atom is 0.346 e. The van der Waals surface area contributed by atoms with Crippen molar-refractivity contribution in [1.82, 2.24) is 14.3 Å². The molecule has 8 nitrogen and oxygen atoms in total. The molecule has 1 aromatic heterocycles. The lowest BCUT2D eigenvalue weighted by Crippen LogP contribution is -2.45. The Bertz CT molecular complexity index is 572. The molecule has 1 amide bonds. The van der Waals surface area contributed by atoms with Gasteiger partial charge in [0.15, 0.2) is 0 Å². The summed E-state index contributed by atoms with van der Waals surface area (Å²) in [6.45, 7) is 3.57. The minimum absolute atomic E-state index is 0.0721. The van der Waals surface area contributed by atoms with Crippen molar-refractivity contribution < 1.29 is 4.79 Å². The Morgan fingerprint density at radius 3 is 2.33 bits per heavy atom. The number of nitrogens with zero attached hydrogens (tertiary/aromatic N) is 3. The van der Waals surface area contributed by atoms with Crippen LogP contribution >= 0.6 is 0 Å². The average molecular weight is 255 g/mol. The number of primary amides is 1. The number of aryl methyl sites for hydroxylation is 1. The molecule has 0 fully saturated rings. The first kappa shape index (κ1) is 13.9. The molecule has 1 unspecified atom stereocenters. The van der Waals surface area contributed by atoms with E-state index in [-0.39, 0.29) is 11.7 Å². The van der Waals surface area contributed by atoms with Gasteiger partial charge in [0.1, 0.15) is 6.04 Å². The van der Waals surface area contributed by atoms with Crippen LogP contribution in [-0.4, -0.2) is 26.3 Å². The second kappa shape index (κ2) is 5.03. The van der Waals surface area contributed by atoms with Gasteiger partial charge >= 0.3 is 5.69 Å². The molecule has 0 aliphatic carbocycles. The van der Waals surface area contributed by atoms with Crippen LogP contribution in [0.15, 0.2) is 9.59 Å². The fourth-order valence-electron chi connectivity index (χ4n) is 1.50. The second-order valence-corrected chi connectivity index (χ2v) is 4.39. The molecule has 0 bridgehead atoms. The summed E-state index contributed by atoms with van der Waals surface area (Å²) in [5.41, 5.74) is 4.11. The predicted molar refractivity (Wildman–Crippen MR) is 66.2 cm³/mol. The summed E-state index contributed by atoms with van der Waals surface area (Å²) in [6, 6.07) is -0.720. The van der Waals surface area contributed by atoms with E-state index in [2.05, 4.69) is 10.4 Å². The van der Waals surface area contributed by atoms with Gasteiger partial charge in [-0.05, 0) is 5.92 Å². The standard InChI is InChI=1S/C10H17N5O3/c1-5(2)6(7(11)16)12-8-9(17)14(3)10(18)15(4)13-8/h5-6H,1-4H3,(H2,11,16)(H,12,13). The summed E-state index contributed by atoms with van der Waals surface area (Å²) in [6.07, 6.45) is 0. The summed E-state index contributed by atoms with van der Waals surface area (Å²) in [4.78, 5) is 34.5. The first-order valence-corrected chi connectivity index (χ1v) is 5.46. The highest BCUT2D eigenvalue weighted by atomic mass is 16.2. The summed E-state index contributed by atoms with van der Waals surface area (Å²) in [5.74, 6) is -0.758. The summed E-state index contributed by atoms with van der Waals surface area (Å²) < 4.78 is 1.93. The molecule has 3 N–H and O–H groups in total. The number of carbonyl (C=O) groups excluding carboxylic acids is 1. The minimum atomic E-state index is -0.720. The fourth-order valence-corrected chi connectivity index (χ4v) is 1.50. The van der Waals surface area contributed by atoms with E-state index < -0.39 is 23.2 Å². The summed E-state index contributed by atoms with van der Waals surface area (Å²) in [7, 11) is 2.76. The average Bonchev–Trinajstić information content (AvgIpc) is 2.28. The van der Waals surface area contributed by atoms with E-state index in [0.717, 1.165) is 9.25 Å². The Morgan fingerprint density at radius 1 is 1.33 bits per heavy atom. The van der Waals surface area contributed by atoms with Gasteiger partial charge in [-0.2, -0.15) is 0 Å². The van der Waals surface area contributed by atoms with Gasteiger partial charge in [-0.1, -0.05) is 13.8 Å². The number of hydrogen-bond donors (Lipinski definition) is 2. The molecule has 1 rings (SSSR count). The van der Waals surface area contributed by atoms with E-state index in [0.29, 0.717) is 0 Å². The Morgan fingerprint density at radius 2 is 1.89 bits per heavy atom. The molecule has 1 heterocycles. The molecule has 0 aliphatic rings. The number of nitrogens with two attached hydrogens (primary N) is 1. The number of nitrogens with one attached hydrogen (secondary N) is 1. The zero-order valence-electron chi connectivity index (χ0n) is 10.8. The molecule has 0 aliphatic heterocycles. The number of hydrogen-bond acceptors (Lipinski definition) is 5. The lowest BCUT2D eigenvalue weighted by atomic mass is 10.0. The van der Waals surface area contributed by atoms with E-state index in [1.54, 1.807) is 13.8 Å². The van der Waals surface area contributed by atoms with Gasteiger partial charge in [0.05, 0.1) is 0 Å². The molecule has 0 aromatic carbocycles. The van der Waals surface area contributed by atoms with Crippen molar-refractivity contribution in [2.24, 2.45) is 25.7 Å². The van der Waals surface area contributed by atoms with Gasteiger partial charge in [0, 0.05) is 14.1 Å². The highest BCUT2D eigenvalue weighted by molar-refractivity contribution is 5.82. The molecular formula is C10H17N5O3. The first-order chi connectivity index (χ1) is 8.25. The van der Waals surface area contributed by atoms with Gasteiger partial charge < -0.3 is 11.1 Å². The van der Waals surface area contributed by atoms with Crippen LogP contribution in [0.25, 0.3) is 0 Å². The first-order valence-electron chi connectivity index (χ1n) is 5.46. The molecule has 1 aromatic rings. The van der Waals surface area contributed by atoms with Gasteiger partial charge in [0.25, 0.3) is 5.56 Å². The van der Waals surface area contributed by atoms with Crippen molar-refractivity contribution in [3.63, 3.8) is 0 Å². The van der Waals surface area contributed by atoms with Crippen LogP contribution in [0.5, 0.6) is 0 Å². The van der Waals surface area contributed by atoms with E-state index in [1.165, 1.54) is 14.1 Å². The van der Waals surface area contributed by atoms with Gasteiger partial charge in [-0.3, -0.25) is 14.2 Å². The fraction of sp³-hybridized carbons (Fsp3) is 0.600. The highest BCUT2D eigenvalue weighted by Crippen LogP contribution is 2.05. The van der Waals surface area contributed by atoms with Gasteiger partial charge in [-0.25, -0.2) is 9.48 Å². The van der Waals surface area contributed by atoms with Crippen molar-refractivity contribution in [3.05, 3.63) is 20.8 Å². The van der Waals surface area contributed by atoms with Crippen LogP contribution in [0, 0.1) is 5.92 Å². The molecule has 0 saturated heterocycles. The molecule has 18 heavy (non-hydrogen) atoms. The lowest BCUT2D eigenvalue weighted by Gasteiger charge is -2.19. The Balaban J connectivity index is 3.24.